The lowest BCUT2D eigenvalue weighted by Crippen LogP contribution is -2.41. The summed E-state index contributed by atoms with van der Waals surface area (Å²) in [6.07, 6.45) is 6.47. The van der Waals surface area contributed by atoms with Gasteiger partial charge in [-0.1, -0.05) is 32.0 Å². The summed E-state index contributed by atoms with van der Waals surface area (Å²) in [5, 5.41) is 27.5. The second-order valence-corrected chi connectivity index (χ2v) is 8.73. The summed E-state index contributed by atoms with van der Waals surface area (Å²) in [4.78, 5) is 12.1. The van der Waals surface area contributed by atoms with Gasteiger partial charge in [0.05, 0.1) is 12.3 Å². The molecule has 4 N–H and O–H groups in total. The van der Waals surface area contributed by atoms with Crippen LogP contribution in [0.5, 0.6) is 0 Å². The molecule has 30 heavy (non-hydrogen) atoms. The van der Waals surface area contributed by atoms with Gasteiger partial charge in [-0.05, 0) is 48.1 Å². The Hall–Kier alpha value is -3.11. The number of nitrogens with zero attached hydrogens (tertiary/aromatic N) is 3. The Morgan fingerprint density at radius 2 is 2.17 bits per heavy atom. The Bertz CT molecular complexity index is 1070. The summed E-state index contributed by atoms with van der Waals surface area (Å²) in [5.41, 5.74) is 2.67. The minimum Gasteiger partial charge on any atom is -0.393 e. The number of nitriles is 1. The van der Waals surface area contributed by atoms with E-state index in [1.165, 1.54) is 10.9 Å². The fourth-order valence-corrected chi connectivity index (χ4v) is 4.27. The van der Waals surface area contributed by atoms with Crippen LogP contribution in [0.25, 0.3) is 10.9 Å². The van der Waals surface area contributed by atoms with E-state index in [1.807, 2.05) is 6.20 Å². The highest BCUT2D eigenvalue weighted by Gasteiger charge is 2.35. The molecular weight excluding hydrogens is 376 g/mol. The molecular formula is C23H28N6O. The van der Waals surface area contributed by atoms with E-state index >= 15 is 0 Å². The van der Waals surface area contributed by atoms with Crippen LogP contribution in [0.1, 0.15) is 44.2 Å². The fourth-order valence-electron chi connectivity index (χ4n) is 4.27. The lowest BCUT2D eigenvalue weighted by Gasteiger charge is -2.40. The van der Waals surface area contributed by atoms with E-state index in [0.29, 0.717) is 23.9 Å². The number of aliphatic hydroxyl groups excluding tert-OH is 1. The molecule has 7 nitrogen and oxygen atoms in total. The number of anilines is 2. The van der Waals surface area contributed by atoms with Gasteiger partial charge in [-0.2, -0.15) is 10.2 Å². The molecule has 3 aromatic rings. The highest BCUT2D eigenvalue weighted by atomic mass is 16.3. The van der Waals surface area contributed by atoms with Gasteiger partial charge in [0, 0.05) is 24.3 Å². The van der Waals surface area contributed by atoms with Gasteiger partial charge in [0.25, 0.3) is 0 Å². The van der Waals surface area contributed by atoms with Gasteiger partial charge in [0.2, 0.25) is 5.95 Å². The molecule has 0 amide bonds. The van der Waals surface area contributed by atoms with Gasteiger partial charge >= 0.3 is 0 Å². The van der Waals surface area contributed by atoms with Crippen LogP contribution in [0.2, 0.25) is 0 Å². The monoisotopic (exact) mass is 404 g/mol. The molecule has 0 saturated heterocycles. The predicted octanol–water partition coefficient (Wildman–Crippen LogP) is 3.84. The maximum Gasteiger partial charge on any atom is 0.224 e. The minimum atomic E-state index is -0.294. The average Bonchev–Trinajstić information content (AvgIpc) is 3.21. The zero-order valence-corrected chi connectivity index (χ0v) is 17.4. The molecule has 2 atom stereocenters. The van der Waals surface area contributed by atoms with Crippen LogP contribution in [0.4, 0.5) is 11.8 Å². The maximum absolute atomic E-state index is 10.2. The third kappa shape index (κ3) is 4.24. The molecule has 1 fully saturated rings. The third-order valence-corrected chi connectivity index (χ3v) is 6.06. The number of hydrogen-bond acceptors (Lipinski definition) is 6. The van der Waals surface area contributed by atoms with Crippen molar-refractivity contribution in [2.75, 3.05) is 17.2 Å². The zero-order valence-electron chi connectivity index (χ0n) is 17.4. The Balaban J connectivity index is 1.42. The number of para-hydroxylation sites is 1. The fraction of sp³-hybridized carbons (Fsp3) is 0.435. The standard InChI is InChI=1S/C23H28N6O/c1-23(2)12-18(6-7-19(23)30)28-21-17(13-24)14-27-22(29-21)26-11-9-16-5-3-4-15-8-10-25-20(15)16/h3-5,8,10,14,18-19,25,30H,6-7,9,11-12H2,1-2H3,(H2,26,27,28,29)/t18-,19+/m1/s1. The number of H-pyrrole nitrogens is 1. The lowest BCUT2D eigenvalue weighted by molar-refractivity contribution is 0.00926. The first-order chi connectivity index (χ1) is 14.5. The molecule has 0 unspecified atom stereocenters. The largest absolute Gasteiger partial charge is 0.393 e. The van der Waals surface area contributed by atoms with Crippen LogP contribution >= 0.6 is 0 Å². The molecule has 1 aliphatic carbocycles. The number of nitrogens with one attached hydrogen (secondary N) is 3. The van der Waals surface area contributed by atoms with E-state index in [4.69, 9.17) is 0 Å². The van der Waals surface area contributed by atoms with E-state index in [1.54, 1.807) is 6.20 Å². The molecule has 2 aromatic heterocycles. The summed E-state index contributed by atoms with van der Waals surface area (Å²) in [6.45, 7) is 4.84. The van der Waals surface area contributed by atoms with Gasteiger partial charge in [0.15, 0.2) is 0 Å². The predicted molar refractivity (Wildman–Crippen MR) is 118 cm³/mol. The average molecular weight is 405 g/mol. The van der Waals surface area contributed by atoms with E-state index in [2.05, 4.69) is 69.8 Å². The third-order valence-electron chi connectivity index (χ3n) is 6.06. The second-order valence-electron chi connectivity index (χ2n) is 8.73. The van der Waals surface area contributed by atoms with Crippen LogP contribution in [-0.4, -0.2) is 38.7 Å². The van der Waals surface area contributed by atoms with Crippen LogP contribution in [0.15, 0.2) is 36.7 Å². The second kappa shape index (κ2) is 8.33. The molecule has 1 aliphatic rings. The summed E-state index contributed by atoms with van der Waals surface area (Å²) in [6, 6.07) is 10.7. The number of fused-ring (bicyclic) bond motifs is 1. The first kappa shape index (κ1) is 20.2. The van der Waals surface area contributed by atoms with Crippen molar-refractivity contribution in [3.8, 4) is 6.07 Å². The van der Waals surface area contributed by atoms with Gasteiger partial charge < -0.3 is 20.7 Å². The number of aliphatic hydroxyl groups is 1. The normalized spacial score (nSPS) is 20.6. The minimum absolute atomic E-state index is 0.157. The van der Waals surface area contributed by atoms with Crippen molar-refractivity contribution >= 4 is 22.7 Å². The Kier molecular flexibility index (Phi) is 5.60. The smallest absolute Gasteiger partial charge is 0.224 e. The van der Waals surface area contributed by atoms with Gasteiger partial charge in [0.1, 0.15) is 17.5 Å². The summed E-state index contributed by atoms with van der Waals surface area (Å²) < 4.78 is 0. The molecule has 156 valence electrons. The highest BCUT2D eigenvalue weighted by Crippen LogP contribution is 2.37. The van der Waals surface area contributed by atoms with Crippen molar-refractivity contribution in [3.05, 3.63) is 47.8 Å². The molecule has 4 rings (SSSR count). The van der Waals surface area contributed by atoms with Crippen molar-refractivity contribution in [1.29, 1.82) is 5.26 Å². The van der Waals surface area contributed by atoms with Crippen LogP contribution < -0.4 is 10.6 Å². The van der Waals surface area contributed by atoms with Crippen LogP contribution in [0, 0.1) is 16.7 Å². The number of aromatic nitrogens is 3. The van der Waals surface area contributed by atoms with Gasteiger partial charge in [-0.25, -0.2) is 4.98 Å². The molecule has 0 aliphatic heterocycles. The molecule has 1 aromatic carbocycles. The van der Waals surface area contributed by atoms with E-state index in [-0.39, 0.29) is 17.6 Å². The molecule has 7 heteroatoms. The topological polar surface area (TPSA) is 110 Å². The first-order valence-corrected chi connectivity index (χ1v) is 10.5. The Morgan fingerprint density at radius 3 is 2.97 bits per heavy atom. The molecule has 0 radical (unpaired) electrons. The Morgan fingerprint density at radius 1 is 1.30 bits per heavy atom. The van der Waals surface area contributed by atoms with Crippen molar-refractivity contribution in [3.63, 3.8) is 0 Å². The first-order valence-electron chi connectivity index (χ1n) is 10.5. The van der Waals surface area contributed by atoms with E-state index in [0.717, 1.165) is 31.2 Å². The quantitative estimate of drug-likeness (QED) is 0.497. The summed E-state index contributed by atoms with van der Waals surface area (Å²) in [5.74, 6) is 1.06. The van der Waals surface area contributed by atoms with Crippen molar-refractivity contribution < 1.29 is 5.11 Å². The molecule has 2 heterocycles. The van der Waals surface area contributed by atoms with Crippen molar-refractivity contribution in [2.24, 2.45) is 5.41 Å². The van der Waals surface area contributed by atoms with Crippen molar-refractivity contribution in [1.82, 2.24) is 15.0 Å². The molecule has 0 spiro atoms. The van der Waals surface area contributed by atoms with Gasteiger partial charge in [-0.3, -0.25) is 0 Å². The number of benzene rings is 1. The number of aromatic amines is 1. The SMILES string of the molecule is CC1(C)C[C@H](Nc2nc(NCCc3cccc4cc[nH]c34)ncc2C#N)CC[C@@H]1O. The van der Waals surface area contributed by atoms with E-state index < -0.39 is 0 Å². The van der Waals surface area contributed by atoms with Crippen molar-refractivity contribution in [2.45, 2.75) is 51.7 Å². The Labute approximate surface area is 176 Å². The van der Waals surface area contributed by atoms with Gasteiger partial charge in [-0.15, -0.1) is 0 Å². The van der Waals surface area contributed by atoms with E-state index in [9.17, 15) is 10.4 Å². The zero-order chi connectivity index (χ0) is 21.1. The lowest BCUT2D eigenvalue weighted by atomic mass is 9.73. The highest BCUT2D eigenvalue weighted by molar-refractivity contribution is 5.82. The van der Waals surface area contributed by atoms with Crippen LogP contribution in [0.3, 0.4) is 0 Å². The summed E-state index contributed by atoms with van der Waals surface area (Å²) >= 11 is 0. The van der Waals surface area contributed by atoms with Crippen LogP contribution in [-0.2, 0) is 6.42 Å². The number of rotatable bonds is 6. The summed E-state index contributed by atoms with van der Waals surface area (Å²) in [7, 11) is 0. The number of hydrogen-bond donors (Lipinski definition) is 4. The maximum atomic E-state index is 10.2. The molecule has 1 saturated carbocycles. The molecule has 0 bridgehead atoms.